The van der Waals surface area contributed by atoms with E-state index in [2.05, 4.69) is 29.6 Å². The molecule has 1 aliphatic carbocycles. The topological polar surface area (TPSA) is 35.8 Å². The molecule has 1 aromatic carbocycles. The van der Waals surface area contributed by atoms with Crippen molar-refractivity contribution in [3.05, 3.63) is 29.8 Å². The summed E-state index contributed by atoms with van der Waals surface area (Å²) in [5, 5.41) is 12.7. The van der Waals surface area contributed by atoms with Gasteiger partial charge in [0, 0.05) is 11.1 Å². The lowest BCUT2D eigenvalue weighted by Gasteiger charge is -2.36. The summed E-state index contributed by atoms with van der Waals surface area (Å²) in [6.07, 6.45) is 6.16. The maximum Gasteiger partial charge on any atom is 0.124 e. The summed E-state index contributed by atoms with van der Waals surface area (Å²) in [6, 6.07) is 10.9. The average Bonchev–Trinajstić information content (AvgIpc) is 2.65. The normalized spacial score (nSPS) is 25.8. The van der Waals surface area contributed by atoms with Gasteiger partial charge in [0.2, 0.25) is 0 Å². The second kappa shape index (κ2) is 3.52. The van der Waals surface area contributed by atoms with Gasteiger partial charge in [-0.2, -0.15) is 5.26 Å². The van der Waals surface area contributed by atoms with Crippen molar-refractivity contribution < 1.29 is 0 Å². The van der Waals surface area contributed by atoms with Gasteiger partial charge in [-0.15, -0.1) is 0 Å². The third kappa shape index (κ3) is 1.18. The van der Waals surface area contributed by atoms with Crippen LogP contribution in [0.3, 0.4) is 0 Å². The molecule has 1 spiro atoms. The van der Waals surface area contributed by atoms with E-state index in [1.807, 2.05) is 6.07 Å². The van der Waals surface area contributed by atoms with E-state index in [1.165, 1.54) is 30.5 Å². The second-order valence-electron chi connectivity index (χ2n) is 4.97. The molecule has 0 bridgehead atoms. The van der Waals surface area contributed by atoms with Crippen molar-refractivity contribution in [1.29, 1.82) is 5.26 Å². The standard InChI is InChI=1S/C14H16N2/c15-10-13-14(8-4-1-5-9-14)11-6-2-3-7-12(11)16-13/h2-3,6-7,13,16H,1,4-5,8-9H2/t13-/m1/s1. The van der Waals surface area contributed by atoms with E-state index >= 15 is 0 Å². The number of para-hydroxylation sites is 1. The van der Waals surface area contributed by atoms with Crippen LogP contribution in [0.15, 0.2) is 24.3 Å². The Balaban J connectivity index is 2.10. The zero-order chi connectivity index (χ0) is 11.0. The summed E-state index contributed by atoms with van der Waals surface area (Å²) in [5.41, 5.74) is 2.65. The monoisotopic (exact) mass is 212 g/mol. The van der Waals surface area contributed by atoms with Gasteiger partial charge < -0.3 is 5.32 Å². The Hall–Kier alpha value is -1.49. The molecular weight excluding hydrogens is 196 g/mol. The second-order valence-corrected chi connectivity index (χ2v) is 4.97. The summed E-state index contributed by atoms with van der Waals surface area (Å²) >= 11 is 0. The van der Waals surface area contributed by atoms with Gasteiger partial charge in [0.15, 0.2) is 0 Å². The first-order chi connectivity index (χ1) is 7.87. The van der Waals surface area contributed by atoms with Gasteiger partial charge in [0.05, 0.1) is 6.07 Å². The molecule has 0 saturated heterocycles. The quantitative estimate of drug-likeness (QED) is 0.716. The first kappa shape index (κ1) is 9.72. The van der Waals surface area contributed by atoms with Crippen molar-refractivity contribution in [2.75, 3.05) is 5.32 Å². The number of hydrogen-bond acceptors (Lipinski definition) is 2. The number of nitriles is 1. The van der Waals surface area contributed by atoms with E-state index in [9.17, 15) is 5.26 Å². The molecule has 16 heavy (non-hydrogen) atoms. The minimum atomic E-state index is -0.0230. The maximum absolute atomic E-state index is 9.34. The predicted molar refractivity (Wildman–Crippen MR) is 64.2 cm³/mol. The van der Waals surface area contributed by atoms with E-state index in [0.717, 1.165) is 12.8 Å². The number of rotatable bonds is 0. The molecule has 1 aliphatic heterocycles. The largest absolute Gasteiger partial charge is 0.369 e. The van der Waals surface area contributed by atoms with Crippen LogP contribution in [0, 0.1) is 11.3 Å². The fourth-order valence-electron chi connectivity index (χ4n) is 3.39. The van der Waals surface area contributed by atoms with Gasteiger partial charge in [-0.05, 0) is 24.5 Å². The van der Waals surface area contributed by atoms with Crippen molar-refractivity contribution >= 4 is 5.69 Å². The summed E-state index contributed by atoms with van der Waals surface area (Å²) in [7, 11) is 0. The number of hydrogen-bond donors (Lipinski definition) is 1. The molecule has 2 heteroatoms. The lowest BCUT2D eigenvalue weighted by Crippen LogP contribution is -2.39. The Morgan fingerprint density at radius 1 is 1.19 bits per heavy atom. The van der Waals surface area contributed by atoms with E-state index in [-0.39, 0.29) is 11.5 Å². The number of fused-ring (bicyclic) bond motifs is 2. The minimum absolute atomic E-state index is 0.0230. The Morgan fingerprint density at radius 2 is 1.94 bits per heavy atom. The highest BCUT2D eigenvalue weighted by molar-refractivity contribution is 5.64. The highest BCUT2D eigenvalue weighted by Gasteiger charge is 2.47. The first-order valence-electron chi connectivity index (χ1n) is 6.12. The lowest BCUT2D eigenvalue weighted by atomic mass is 9.67. The van der Waals surface area contributed by atoms with E-state index in [4.69, 9.17) is 0 Å². The highest BCUT2D eigenvalue weighted by atomic mass is 15.0. The van der Waals surface area contributed by atoms with Crippen molar-refractivity contribution in [3.63, 3.8) is 0 Å². The van der Waals surface area contributed by atoms with Gasteiger partial charge in [-0.25, -0.2) is 0 Å². The number of anilines is 1. The van der Waals surface area contributed by atoms with Crippen LogP contribution in [0.1, 0.15) is 37.7 Å². The van der Waals surface area contributed by atoms with Gasteiger partial charge in [-0.3, -0.25) is 0 Å². The van der Waals surface area contributed by atoms with Crippen LogP contribution in [0.2, 0.25) is 0 Å². The number of benzene rings is 1. The van der Waals surface area contributed by atoms with Crippen LogP contribution in [-0.2, 0) is 5.41 Å². The molecule has 1 saturated carbocycles. The zero-order valence-electron chi connectivity index (χ0n) is 9.37. The van der Waals surface area contributed by atoms with Crippen molar-refractivity contribution in [3.8, 4) is 6.07 Å². The molecule has 3 rings (SSSR count). The first-order valence-corrected chi connectivity index (χ1v) is 6.12. The SMILES string of the molecule is N#C[C@H]1Nc2ccccc2C12CCCCC2. The maximum atomic E-state index is 9.34. The molecule has 1 heterocycles. The summed E-state index contributed by atoms with van der Waals surface area (Å²) in [6.45, 7) is 0. The zero-order valence-corrected chi connectivity index (χ0v) is 9.37. The van der Waals surface area contributed by atoms with E-state index in [1.54, 1.807) is 0 Å². The van der Waals surface area contributed by atoms with Crippen LogP contribution in [0.25, 0.3) is 0 Å². The van der Waals surface area contributed by atoms with Gasteiger partial charge in [0.25, 0.3) is 0 Å². The fraction of sp³-hybridized carbons (Fsp3) is 0.500. The van der Waals surface area contributed by atoms with Crippen LogP contribution in [-0.4, -0.2) is 6.04 Å². The number of nitrogens with zero attached hydrogens (tertiary/aromatic N) is 1. The molecule has 1 aromatic rings. The lowest BCUT2D eigenvalue weighted by molar-refractivity contribution is 0.293. The molecule has 1 fully saturated rings. The van der Waals surface area contributed by atoms with Gasteiger partial charge in [-0.1, -0.05) is 37.5 Å². The summed E-state index contributed by atoms with van der Waals surface area (Å²) in [5.74, 6) is 0. The van der Waals surface area contributed by atoms with E-state index < -0.39 is 0 Å². The van der Waals surface area contributed by atoms with Crippen LogP contribution >= 0.6 is 0 Å². The highest BCUT2D eigenvalue weighted by Crippen LogP contribution is 2.49. The Labute approximate surface area is 96.3 Å². The minimum Gasteiger partial charge on any atom is -0.369 e. The van der Waals surface area contributed by atoms with Crippen LogP contribution < -0.4 is 5.32 Å². The summed E-state index contributed by atoms with van der Waals surface area (Å²) < 4.78 is 0. The van der Waals surface area contributed by atoms with Crippen LogP contribution in [0.5, 0.6) is 0 Å². The molecular formula is C14H16N2. The molecule has 1 atom stereocenters. The average molecular weight is 212 g/mol. The molecule has 1 N–H and O–H groups in total. The van der Waals surface area contributed by atoms with E-state index in [0.29, 0.717) is 0 Å². The van der Waals surface area contributed by atoms with Crippen molar-refractivity contribution in [2.45, 2.75) is 43.6 Å². The molecule has 0 amide bonds. The van der Waals surface area contributed by atoms with Gasteiger partial charge >= 0.3 is 0 Å². The molecule has 82 valence electrons. The van der Waals surface area contributed by atoms with Crippen molar-refractivity contribution in [2.24, 2.45) is 0 Å². The van der Waals surface area contributed by atoms with Gasteiger partial charge in [0.1, 0.15) is 6.04 Å². The fourth-order valence-corrected chi connectivity index (χ4v) is 3.39. The number of nitrogens with one attached hydrogen (secondary N) is 1. The van der Waals surface area contributed by atoms with Crippen molar-refractivity contribution in [1.82, 2.24) is 0 Å². The molecule has 0 radical (unpaired) electrons. The Kier molecular flexibility index (Phi) is 2.14. The molecule has 0 unspecified atom stereocenters. The Bertz CT molecular complexity index is 438. The third-order valence-corrected chi connectivity index (χ3v) is 4.19. The smallest absolute Gasteiger partial charge is 0.124 e. The Morgan fingerprint density at radius 3 is 2.69 bits per heavy atom. The summed E-state index contributed by atoms with van der Waals surface area (Å²) in [4.78, 5) is 0. The molecule has 2 nitrogen and oxygen atoms in total. The predicted octanol–water partition coefficient (Wildman–Crippen LogP) is 3.21. The third-order valence-electron chi connectivity index (χ3n) is 4.19. The van der Waals surface area contributed by atoms with Crippen LogP contribution in [0.4, 0.5) is 5.69 Å². The molecule has 0 aromatic heterocycles. The molecule has 2 aliphatic rings.